The first kappa shape index (κ1) is 12.1. The molecule has 0 aliphatic carbocycles. The summed E-state index contributed by atoms with van der Waals surface area (Å²) >= 11 is 0. The summed E-state index contributed by atoms with van der Waals surface area (Å²) in [5.74, 6) is -0.975. The molecule has 4 heteroatoms. The fraction of sp³-hybridized carbons (Fsp3) is 0.800. The van der Waals surface area contributed by atoms with Gasteiger partial charge in [0.1, 0.15) is 0 Å². The Morgan fingerprint density at radius 2 is 1.89 bits per heavy atom. The first-order chi connectivity index (χ1) is 3.42. The maximum absolute atomic E-state index is 9.85. The number of carboxylic acid groups (broad SMARTS) is 1. The van der Waals surface area contributed by atoms with E-state index in [0.717, 1.165) is 0 Å². The van der Waals surface area contributed by atoms with E-state index >= 15 is 0 Å². The Morgan fingerprint density at radius 3 is 1.89 bits per heavy atom. The fourth-order valence-corrected chi connectivity index (χ4v) is 0.370. The van der Waals surface area contributed by atoms with Gasteiger partial charge in [-0.15, -0.1) is 0 Å². The number of carbonyl (C=O) groups is 1. The molecule has 0 rings (SSSR count). The standard InChI is InChI=1S/C5H10O3.Na.H/c1-5(2,8)3-4(6)7;;/h8H,3H2,1-2H3,(H,6,7);;. The van der Waals surface area contributed by atoms with Crippen LogP contribution < -0.4 is 0 Å². The van der Waals surface area contributed by atoms with E-state index < -0.39 is 11.6 Å². The molecule has 0 heterocycles. The van der Waals surface area contributed by atoms with Gasteiger partial charge >= 0.3 is 35.5 Å². The van der Waals surface area contributed by atoms with Gasteiger partial charge in [-0.25, -0.2) is 0 Å². The number of aliphatic carboxylic acids is 1. The van der Waals surface area contributed by atoms with Crippen molar-refractivity contribution in [3.63, 3.8) is 0 Å². The van der Waals surface area contributed by atoms with Gasteiger partial charge in [0.25, 0.3) is 0 Å². The van der Waals surface area contributed by atoms with Gasteiger partial charge in [0.05, 0.1) is 12.0 Å². The van der Waals surface area contributed by atoms with Crippen LogP contribution in [0.5, 0.6) is 0 Å². The molecule has 0 amide bonds. The minimum atomic E-state index is -1.08. The summed E-state index contributed by atoms with van der Waals surface area (Å²) in [6.07, 6.45) is -0.201. The van der Waals surface area contributed by atoms with Crippen LogP contribution in [0.15, 0.2) is 0 Å². The number of carboxylic acids is 1. The summed E-state index contributed by atoms with van der Waals surface area (Å²) in [5, 5.41) is 16.9. The molecule has 0 aromatic carbocycles. The van der Waals surface area contributed by atoms with Crippen molar-refractivity contribution in [2.45, 2.75) is 25.9 Å². The Kier molecular flexibility index (Phi) is 5.77. The molecular formula is C5H11NaO3. The van der Waals surface area contributed by atoms with E-state index in [-0.39, 0.29) is 36.0 Å². The Hall–Kier alpha value is 0.430. The third-order valence-corrected chi connectivity index (χ3v) is 0.584. The third kappa shape index (κ3) is 11.8. The van der Waals surface area contributed by atoms with Crippen LogP contribution in [0.1, 0.15) is 20.3 Å². The van der Waals surface area contributed by atoms with E-state index in [0.29, 0.717) is 0 Å². The SMILES string of the molecule is CC(C)(O)CC(=O)O.[NaH]. The summed E-state index contributed by atoms with van der Waals surface area (Å²) in [5.41, 5.74) is -1.08. The summed E-state index contributed by atoms with van der Waals surface area (Å²) in [6.45, 7) is 2.92. The van der Waals surface area contributed by atoms with Crippen LogP contribution in [0, 0.1) is 0 Å². The van der Waals surface area contributed by atoms with Crippen LogP contribution >= 0.6 is 0 Å². The fourth-order valence-electron chi connectivity index (χ4n) is 0.370. The molecule has 0 aliphatic heterocycles. The first-order valence-electron chi connectivity index (χ1n) is 2.36. The predicted octanol–water partition coefficient (Wildman–Crippen LogP) is -0.417. The van der Waals surface area contributed by atoms with Gasteiger partial charge in [-0.2, -0.15) is 0 Å². The molecule has 0 aliphatic rings. The van der Waals surface area contributed by atoms with Gasteiger partial charge in [0.15, 0.2) is 0 Å². The van der Waals surface area contributed by atoms with E-state index in [1.54, 1.807) is 0 Å². The van der Waals surface area contributed by atoms with Crippen molar-refractivity contribution in [2.24, 2.45) is 0 Å². The van der Waals surface area contributed by atoms with Crippen LogP contribution in [0.3, 0.4) is 0 Å². The molecule has 50 valence electrons. The Labute approximate surface area is 76.4 Å². The number of aliphatic hydroxyl groups is 1. The Bertz CT molecular complexity index is 94.9. The van der Waals surface area contributed by atoms with Crippen molar-refractivity contribution < 1.29 is 15.0 Å². The molecule has 0 unspecified atom stereocenters. The van der Waals surface area contributed by atoms with Crippen molar-refractivity contribution >= 4 is 35.5 Å². The Balaban J connectivity index is 0. The molecule has 0 spiro atoms. The van der Waals surface area contributed by atoms with E-state index in [4.69, 9.17) is 10.2 Å². The van der Waals surface area contributed by atoms with Gasteiger partial charge in [0.2, 0.25) is 0 Å². The van der Waals surface area contributed by atoms with Gasteiger partial charge < -0.3 is 10.2 Å². The van der Waals surface area contributed by atoms with E-state index in [1.165, 1.54) is 13.8 Å². The molecule has 0 aromatic heterocycles. The second-order valence-corrected chi connectivity index (χ2v) is 2.38. The third-order valence-electron chi connectivity index (χ3n) is 0.584. The summed E-state index contributed by atoms with van der Waals surface area (Å²) < 4.78 is 0. The quantitative estimate of drug-likeness (QED) is 0.515. The zero-order valence-electron chi connectivity index (χ0n) is 5.01. The van der Waals surface area contributed by atoms with Gasteiger partial charge in [-0.3, -0.25) is 4.79 Å². The minimum absolute atomic E-state index is 0. The zero-order valence-corrected chi connectivity index (χ0v) is 5.01. The molecule has 2 N–H and O–H groups in total. The van der Waals surface area contributed by atoms with Crippen LogP contribution in [0.25, 0.3) is 0 Å². The van der Waals surface area contributed by atoms with Crippen molar-refractivity contribution in [3.05, 3.63) is 0 Å². The predicted molar refractivity (Wildman–Crippen MR) is 35.7 cm³/mol. The van der Waals surface area contributed by atoms with Crippen LogP contribution in [0.2, 0.25) is 0 Å². The van der Waals surface area contributed by atoms with Crippen LogP contribution in [0.4, 0.5) is 0 Å². The molecular weight excluding hydrogens is 131 g/mol. The summed E-state index contributed by atoms with van der Waals surface area (Å²) in [7, 11) is 0. The van der Waals surface area contributed by atoms with E-state index in [2.05, 4.69) is 0 Å². The Morgan fingerprint density at radius 1 is 1.56 bits per heavy atom. The average molecular weight is 142 g/mol. The summed E-state index contributed by atoms with van der Waals surface area (Å²) in [4.78, 5) is 9.85. The average Bonchev–Trinajstić information content (AvgIpc) is 1.21. The van der Waals surface area contributed by atoms with Crippen LogP contribution in [-0.4, -0.2) is 51.3 Å². The molecule has 3 nitrogen and oxygen atoms in total. The molecule has 9 heavy (non-hydrogen) atoms. The number of hydrogen-bond acceptors (Lipinski definition) is 2. The zero-order chi connectivity index (χ0) is 6.78. The molecule has 0 atom stereocenters. The monoisotopic (exact) mass is 142 g/mol. The molecule has 0 aromatic rings. The second kappa shape index (κ2) is 4.28. The molecule has 0 fully saturated rings. The van der Waals surface area contributed by atoms with Crippen molar-refractivity contribution in [1.82, 2.24) is 0 Å². The maximum atomic E-state index is 9.85. The summed E-state index contributed by atoms with van der Waals surface area (Å²) in [6, 6.07) is 0. The number of rotatable bonds is 2. The molecule has 0 bridgehead atoms. The molecule has 0 saturated carbocycles. The van der Waals surface area contributed by atoms with Gasteiger partial charge in [-0.05, 0) is 13.8 Å². The van der Waals surface area contributed by atoms with Gasteiger partial charge in [-0.1, -0.05) is 0 Å². The van der Waals surface area contributed by atoms with Crippen molar-refractivity contribution in [2.75, 3.05) is 0 Å². The normalized spacial score (nSPS) is 10.1. The molecule has 0 radical (unpaired) electrons. The van der Waals surface area contributed by atoms with Crippen LogP contribution in [-0.2, 0) is 4.79 Å². The molecule has 0 saturated heterocycles. The van der Waals surface area contributed by atoms with Crippen molar-refractivity contribution in [1.29, 1.82) is 0 Å². The first-order valence-corrected chi connectivity index (χ1v) is 2.36. The van der Waals surface area contributed by atoms with E-state index in [9.17, 15) is 4.79 Å². The second-order valence-electron chi connectivity index (χ2n) is 2.38. The van der Waals surface area contributed by atoms with Crippen molar-refractivity contribution in [3.8, 4) is 0 Å². The topological polar surface area (TPSA) is 57.5 Å². The van der Waals surface area contributed by atoms with Gasteiger partial charge in [0, 0.05) is 0 Å². The number of hydrogen-bond donors (Lipinski definition) is 2. The van der Waals surface area contributed by atoms with E-state index in [1.807, 2.05) is 0 Å².